The Bertz CT molecular complexity index is 1410. The molecule has 0 aliphatic heterocycles. The van der Waals surface area contributed by atoms with E-state index in [0.717, 1.165) is 5.56 Å². The molecule has 0 aliphatic rings. The molecular formula is C24H18BrIN2O5S. The topological polar surface area (TPSA) is 105 Å². The molecule has 3 rings (SSSR count). The van der Waals surface area contributed by atoms with Crippen molar-refractivity contribution in [1.82, 2.24) is 0 Å². The van der Waals surface area contributed by atoms with E-state index in [4.69, 9.17) is 8.92 Å². The van der Waals surface area contributed by atoms with Gasteiger partial charge in [0.25, 0.3) is 5.91 Å². The molecule has 0 saturated carbocycles. The van der Waals surface area contributed by atoms with E-state index in [9.17, 15) is 18.5 Å². The lowest BCUT2D eigenvalue weighted by molar-refractivity contribution is -0.112. The van der Waals surface area contributed by atoms with Crippen LogP contribution in [0.25, 0.3) is 6.08 Å². The number of amides is 1. The third-order valence-electron chi connectivity index (χ3n) is 4.55. The van der Waals surface area contributed by atoms with Gasteiger partial charge in [-0.25, -0.2) is 0 Å². The molecule has 174 valence electrons. The average molecular weight is 653 g/mol. The highest BCUT2D eigenvalue weighted by Crippen LogP contribution is 2.36. The number of hydrogen-bond donors (Lipinski definition) is 1. The quantitative estimate of drug-likeness (QED) is 0.152. The zero-order chi connectivity index (χ0) is 24.9. The highest BCUT2D eigenvalue weighted by molar-refractivity contribution is 14.1. The van der Waals surface area contributed by atoms with Gasteiger partial charge in [-0.05, 0) is 93.5 Å². The number of nitrogens with zero attached hydrogens (tertiary/aromatic N) is 1. The second-order valence-corrected chi connectivity index (χ2v) is 10.6. The van der Waals surface area contributed by atoms with Crippen molar-refractivity contribution in [2.75, 3.05) is 12.4 Å². The maximum absolute atomic E-state index is 12.7. The summed E-state index contributed by atoms with van der Waals surface area (Å²) in [6.07, 6.45) is 1.38. The average Bonchev–Trinajstić information content (AvgIpc) is 2.80. The number of carbonyl (C=O) groups excluding carboxylic acids is 1. The molecule has 0 bridgehead atoms. The Kier molecular flexibility index (Phi) is 8.35. The highest BCUT2D eigenvalue weighted by Gasteiger charge is 2.22. The Morgan fingerprint density at radius 2 is 1.82 bits per heavy atom. The van der Waals surface area contributed by atoms with Gasteiger partial charge < -0.3 is 14.2 Å². The zero-order valence-electron chi connectivity index (χ0n) is 18.0. The summed E-state index contributed by atoms with van der Waals surface area (Å²) in [7, 11) is -2.73. The smallest absolute Gasteiger partial charge is 0.339 e. The van der Waals surface area contributed by atoms with Gasteiger partial charge >= 0.3 is 10.1 Å². The summed E-state index contributed by atoms with van der Waals surface area (Å²) in [5.74, 6) is -0.444. The summed E-state index contributed by atoms with van der Waals surface area (Å²) in [5, 5.41) is 12.2. The zero-order valence-corrected chi connectivity index (χ0v) is 22.6. The molecule has 1 N–H and O–H groups in total. The van der Waals surface area contributed by atoms with Crippen LogP contribution in [0.3, 0.4) is 0 Å². The second-order valence-electron chi connectivity index (χ2n) is 6.99. The number of nitrogens with one attached hydrogen (secondary N) is 1. The lowest BCUT2D eigenvalue weighted by Gasteiger charge is -2.14. The number of aryl methyl sites for hydroxylation is 1. The normalized spacial score (nSPS) is 11.4. The van der Waals surface area contributed by atoms with Crippen LogP contribution >= 0.6 is 38.5 Å². The summed E-state index contributed by atoms with van der Waals surface area (Å²) < 4.78 is 37.3. The molecule has 34 heavy (non-hydrogen) atoms. The van der Waals surface area contributed by atoms with Gasteiger partial charge in [0.05, 0.1) is 16.4 Å². The molecule has 0 fully saturated rings. The van der Waals surface area contributed by atoms with Crippen LogP contribution in [0.15, 0.2) is 75.6 Å². The van der Waals surface area contributed by atoms with Crippen LogP contribution in [0, 0.1) is 21.8 Å². The molecule has 0 atom stereocenters. The summed E-state index contributed by atoms with van der Waals surface area (Å²) in [6.45, 7) is 1.85. The molecular weight excluding hydrogens is 635 g/mol. The fourth-order valence-corrected chi connectivity index (χ4v) is 5.06. The largest absolute Gasteiger partial charge is 0.493 e. The maximum Gasteiger partial charge on any atom is 0.339 e. The molecule has 0 unspecified atom stereocenters. The number of nitriles is 1. The molecule has 0 aromatic heterocycles. The van der Waals surface area contributed by atoms with Crippen LogP contribution in [0.5, 0.6) is 11.5 Å². The fourth-order valence-electron chi connectivity index (χ4n) is 2.83. The van der Waals surface area contributed by atoms with Gasteiger partial charge in [-0.15, -0.1) is 0 Å². The Hall–Kier alpha value is -2.88. The number of hydrogen-bond acceptors (Lipinski definition) is 6. The van der Waals surface area contributed by atoms with E-state index >= 15 is 0 Å². The van der Waals surface area contributed by atoms with Crippen molar-refractivity contribution in [2.45, 2.75) is 11.8 Å². The monoisotopic (exact) mass is 652 g/mol. The van der Waals surface area contributed by atoms with Crippen LogP contribution in [-0.4, -0.2) is 21.4 Å². The molecule has 0 heterocycles. The van der Waals surface area contributed by atoms with Gasteiger partial charge in [0, 0.05) is 4.47 Å². The van der Waals surface area contributed by atoms with Crippen LogP contribution in [0.2, 0.25) is 0 Å². The third kappa shape index (κ3) is 6.16. The number of carbonyl (C=O) groups is 1. The fraction of sp³-hybridized carbons (Fsp3) is 0.0833. The van der Waals surface area contributed by atoms with Crippen molar-refractivity contribution in [3.63, 3.8) is 0 Å². The van der Waals surface area contributed by atoms with E-state index in [1.54, 1.807) is 42.5 Å². The van der Waals surface area contributed by atoms with Crippen LogP contribution < -0.4 is 14.2 Å². The third-order valence-corrected chi connectivity index (χ3v) is 7.28. The van der Waals surface area contributed by atoms with Crippen molar-refractivity contribution in [3.8, 4) is 17.6 Å². The summed E-state index contributed by atoms with van der Waals surface area (Å²) in [5.41, 5.74) is 1.75. The van der Waals surface area contributed by atoms with E-state index in [1.807, 2.05) is 35.6 Å². The standard InChI is InChI=1S/C24H18BrIN2O5S/c1-15-7-9-18(10-8-15)34(30,31)33-23-20(26)12-16(13-22(23)32-2)11-17(14-27)24(29)28-21-6-4-3-5-19(21)25/h3-13H,1-2H3,(H,28,29)/b17-11+. The highest BCUT2D eigenvalue weighted by atomic mass is 127. The number of rotatable bonds is 7. The Labute approximate surface area is 219 Å². The minimum Gasteiger partial charge on any atom is -0.493 e. The number of methoxy groups -OCH3 is 1. The Balaban J connectivity index is 1.92. The van der Waals surface area contributed by atoms with Crippen LogP contribution in [0.1, 0.15) is 11.1 Å². The van der Waals surface area contributed by atoms with Gasteiger partial charge in [0.1, 0.15) is 16.5 Å². The molecule has 0 saturated heterocycles. The van der Waals surface area contributed by atoms with Crippen molar-refractivity contribution < 1.29 is 22.1 Å². The van der Waals surface area contributed by atoms with Crippen molar-refractivity contribution in [3.05, 3.63) is 85.4 Å². The number of anilines is 1. The summed E-state index contributed by atoms with van der Waals surface area (Å²) in [6, 6.07) is 18.3. The first-order chi connectivity index (χ1) is 16.1. The molecule has 10 heteroatoms. The minimum atomic E-state index is -4.10. The summed E-state index contributed by atoms with van der Waals surface area (Å²) in [4.78, 5) is 12.6. The van der Waals surface area contributed by atoms with E-state index < -0.39 is 16.0 Å². The Morgan fingerprint density at radius 3 is 2.44 bits per heavy atom. The van der Waals surface area contributed by atoms with Gasteiger partial charge in [-0.3, -0.25) is 4.79 Å². The first kappa shape index (κ1) is 25.7. The van der Waals surface area contributed by atoms with Gasteiger partial charge in [-0.2, -0.15) is 13.7 Å². The molecule has 0 spiro atoms. The second kappa shape index (κ2) is 11.0. The maximum atomic E-state index is 12.7. The van der Waals surface area contributed by atoms with E-state index in [2.05, 4.69) is 21.2 Å². The number of halogens is 2. The van der Waals surface area contributed by atoms with E-state index in [0.29, 0.717) is 19.3 Å². The lowest BCUT2D eigenvalue weighted by Crippen LogP contribution is -2.14. The predicted molar refractivity (Wildman–Crippen MR) is 141 cm³/mol. The van der Waals surface area contributed by atoms with Crippen molar-refractivity contribution >= 4 is 66.3 Å². The number of para-hydroxylation sites is 1. The molecule has 3 aromatic rings. The minimum absolute atomic E-state index is 0.00966. The molecule has 0 radical (unpaired) electrons. The summed E-state index contributed by atoms with van der Waals surface area (Å²) >= 11 is 5.26. The predicted octanol–water partition coefficient (Wildman–Crippen LogP) is 5.68. The van der Waals surface area contributed by atoms with Crippen molar-refractivity contribution in [2.24, 2.45) is 0 Å². The van der Waals surface area contributed by atoms with E-state index in [1.165, 1.54) is 31.4 Å². The van der Waals surface area contributed by atoms with Crippen LogP contribution in [-0.2, 0) is 14.9 Å². The first-order valence-corrected chi connectivity index (χ1v) is 13.0. The van der Waals surface area contributed by atoms with Gasteiger partial charge in [0.2, 0.25) is 0 Å². The molecule has 0 aliphatic carbocycles. The lowest BCUT2D eigenvalue weighted by atomic mass is 10.1. The van der Waals surface area contributed by atoms with Gasteiger partial charge in [-0.1, -0.05) is 29.8 Å². The van der Waals surface area contributed by atoms with E-state index in [-0.39, 0.29) is 22.0 Å². The van der Waals surface area contributed by atoms with Gasteiger partial charge in [0.15, 0.2) is 11.5 Å². The molecule has 3 aromatic carbocycles. The SMILES string of the molecule is COc1cc(/C=C(\C#N)C(=O)Nc2ccccc2Br)cc(I)c1OS(=O)(=O)c1ccc(C)cc1. The number of ether oxygens (including phenoxy) is 1. The molecule has 1 amide bonds. The molecule has 7 nitrogen and oxygen atoms in total. The Morgan fingerprint density at radius 1 is 1.15 bits per heavy atom. The first-order valence-electron chi connectivity index (χ1n) is 9.71. The van der Waals surface area contributed by atoms with Crippen LogP contribution in [0.4, 0.5) is 5.69 Å². The van der Waals surface area contributed by atoms with Crippen molar-refractivity contribution in [1.29, 1.82) is 5.26 Å². The number of benzene rings is 3.